The summed E-state index contributed by atoms with van der Waals surface area (Å²) in [5.41, 5.74) is 1.42. The van der Waals surface area contributed by atoms with Crippen molar-refractivity contribution in [3.63, 3.8) is 0 Å². The highest BCUT2D eigenvalue weighted by Gasteiger charge is 2.44. The van der Waals surface area contributed by atoms with Gasteiger partial charge in [0.1, 0.15) is 0 Å². The molecule has 6 heteroatoms. The fourth-order valence-corrected chi connectivity index (χ4v) is 5.13. The Morgan fingerprint density at radius 3 is 2.97 bits per heavy atom. The summed E-state index contributed by atoms with van der Waals surface area (Å²) in [5, 5.41) is 1.01. The van der Waals surface area contributed by atoms with E-state index >= 15 is 0 Å². The third-order valence-electron chi connectivity index (χ3n) is 6.57. The minimum Gasteiger partial charge on any atom is -0.379 e. The first-order valence-electron chi connectivity index (χ1n) is 10.8. The zero-order valence-electron chi connectivity index (χ0n) is 16.9. The van der Waals surface area contributed by atoms with E-state index < -0.39 is 0 Å². The van der Waals surface area contributed by atoms with E-state index in [9.17, 15) is 4.79 Å². The molecule has 0 N–H and O–H groups in total. The number of carbonyl (C=O) groups excluding carboxylic acids is 1. The number of likely N-dealkylation sites (tertiary alicyclic amines) is 1. The molecule has 1 aromatic carbocycles. The summed E-state index contributed by atoms with van der Waals surface area (Å²) in [7, 11) is 0. The molecule has 0 radical (unpaired) electrons. The van der Waals surface area contributed by atoms with Crippen molar-refractivity contribution in [3.8, 4) is 0 Å². The lowest BCUT2D eigenvalue weighted by atomic mass is 9.86. The Balaban J connectivity index is 1.25. The van der Waals surface area contributed by atoms with Gasteiger partial charge in [-0.05, 0) is 37.3 Å². The molecule has 5 rings (SSSR count). The number of benzene rings is 1. The average Bonchev–Trinajstić information content (AvgIpc) is 3.15. The van der Waals surface area contributed by atoms with Crippen LogP contribution in [0.1, 0.15) is 29.6 Å². The molecular formula is C23H29N3O3. The molecule has 3 saturated heterocycles. The fourth-order valence-electron chi connectivity index (χ4n) is 5.13. The summed E-state index contributed by atoms with van der Waals surface area (Å²) >= 11 is 0. The average molecular weight is 396 g/mol. The number of para-hydroxylation sites is 1. The van der Waals surface area contributed by atoms with E-state index in [0.717, 1.165) is 76.2 Å². The maximum absolute atomic E-state index is 13.2. The van der Waals surface area contributed by atoms with Gasteiger partial charge in [-0.25, -0.2) is 0 Å². The topological polar surface area (TPSA) is 54.9 Å². The quantitative estimate of drug-likeness (QED) is 0.800. The lowest BCUT2D eigenvalue weighted by Gasteiger charge is -2.40. The van der Waals surface area contributed by atoms with Gasteiger partial charge in [0.15, 0.2) is 0 Å². The van der Waals surface area contributed by atoms with Gasteiger partial charge in [-0.1, -0.05) is 18.2 Å². The minimum absolute atomic E-state index is 0.0718. The number of rotatable bonds is 3. The maximum Gasteiger partial charge on any atom is 0.255 e. The predicted octanol–water partition coefficient (Wildman–Crippen LogP) is 2.58. The molecule has 1 aromatic heterocycles. The second-order valence-electron chi connectivity index (χ2n) is 8.72. The van der Waals surface area contributed by atoms with Crippen molar-refractivity contribution in [2.45, 2.75) is 24.9 Å². The molecule has 6 nitrogen and oxygen atoms in total. The molecule has 2 unspecified atom stereocenters. The first-order valence-corrected chi connectivity index (χ1v) is 10.8. The third-order valence-corrected chi connectivity index (χ3v) is 6.57. The molecule has 2 aromatic rings. The summed E-state index contributed by atoms with van der Waals surface area (Å²) in [6.45, 7) is 7.07. The lowest BCUT2D eigenvalue weighted by Crippen LogP contribution is -2.50. The van der Waals surface area contributed by atoms with E-state index in [-0.39, 0.29) is 11.5 Å². The molecule has 154 valence electrons. The van der Waals surface area contributed by atoms with E-state index in [0.29, 0.717) is 18.0 Å². The molecule has 1 spiro atoms. The Bertz CT molecular complexity index is 883. The highest BCUT2D eigenvalue weighted by molar-refractivity contribution is 5.97. The molecular weight excluding hydrogens is 366 g/mol. The van der Waals surface area contributed by atoms with Crippen LogP contribution < -0.4 is 0 Å². The van der Waals surface area contributed by atoms with Gasteiger partial charge in [0.2, 0.25) is 0 Å². The summed E-state index contributed by atoms with van der Waals surface area (Å²) in [4.78, 5) is 22.1. The Morgan fingerprint density at radius 1 is 1.21 bits per heavy atom. The van der Waals surface area contributed by atoms with Crippen molar-refractivity contribution in [1.29, 1.82) is 0 Å². The number of morpholine rings is 1. The number of hydrogen-bond donors (Lipinski definition) is 0. The number of ether oxygens (including phenoxy) is 2. The molecule has 2 atom stereocenters. The van der Waals surface area contributed by atoms with Crippen molar-refractivity contribution in [2.24, 2.45) is 5.92 Å². The first-order chi connectivity index (χ1) is 14.2. The Hall–Kier alpha value is -2.02. The fraction of sp³-hybridized carbons (Fsp3) is 0.565. The van der Waals surface area contributed by atoms with Crippen molar-refractivity contribution in [2.75, 3.05) is 52.5 Å². The van der Waals surface area contributed by atoms with Gasteiger partial charge in [-0.15, -0.1) is 0 Å². The zero-order valence-corrected chi connectivity index (χ0v) is 16.9. The van der Waals surface area contributed by atoms with E-state index in [2.05, 4.69) is 9.88 Å². The standard InChI is InChI=1S/C23H29N3O3/c27-22(20-12-19-4-1-2-5-21(19)24-14-20)26-7-3-6-23(17-26)13-18(16-29-23)15-25-8-10-28-11-9-25/h1-2,4-5,12,14,18H,3,6-11,13,15-17H2. The van der Waals surface area contributed by atoms with E-state index in [1.165, 1.54) is 0 Å². The second-order valence-corrected chi connectivity index (χ2v) is 8.72. The lowest BCUT2D eigenvalue weighted by molar-refractivity contribution is -0.0451. The molecule has 3 fully saturated rings. The molecule has 29 heavy (non-hydrogen) atoms. The van der Waals surface area contributed by atoms with Crippen LogP contribution in [0.5, 0.6) is 0 Å². The van der Waals surface area contributed by atoms with Crippen LogP contribution in [0.25, 0.3) is 10.9 Å². The van der Waals surface area contributed by atoms with Crippen molar-refractivity contribution < 1.29 is 14.3 Å². The zero-order chi connectivity index (χ0) is 19.7. The van der Waals surface area contributed by atoms with Crippen molar-refractivity contribution in [3.05, 3.63) is 42.1 Å². The number of fused-ring (bicyclic) bond motifs is 1. The highest BCUT2D eigenvalue weighted by Crippen LogP contribution is 2.38. The summed E-state index contributed by atoms with van der Waals surface area (Å²) in [6, 6.07) is 9.89. The Kier molecular flexibility index (Phi) is 5.24. The van der Waals surface area contributed by atoms with Gasteiger partial charge in [-0.3, -0.25) is 14.7 Å². The van der Waals surface area contributed by atoms with Gasteiger partial charge in [-0.2, -0.15) is 0 Å². The first kappa shape index (κ1) is 19.0. The number of hydrogen-bond acceptors (Lipinski definition) is 5. The third kappa shape index (κ3) is 4.02. The summed E-state index contributed by atoms with van der Waals surface area (Å²) in [5.74, 6) is 0.619. The Morgan fingerprint density at radius 2 is 2.07 bits per heavy atom. The normalized spacial score (nSPS) is 28.3. The van der Waals surface area contributed by atoms with Crippen LogP contribution in [0.15, 0.2) is 36.5 Å². The minimum atomic E-state index is -0.171. The highest BCUT2D eigenvalue weighted by atomic mass is 16.5. The summed E-state index contributed by atoms with van der Waals surface area (Å²) in [6.07, 6.45) is 4.80. The number of aromatic nitrogens is 1. The van der Waals surface area contributed by atoms with Crippen LogP contribution >= 0.6 is 0 Å². The van der Waals surface area contributed by atoms with Gasteiger partial charge in [0, 0.05) is 44.3 Å². The number of carbonyl (C=O) groups is 1. The van der Waals surface area contributed by atoms with Gasteiger partial charge >= 0.3 is 0 Å². The van der Waals surface area contributed by atoms with Crippen LogP contribution in [-0.2, 0) is 9.47 Å². The van der Waals surface area contributed by atoms with Crippen molar-refractivity contribution >= 4 is 16.8 Å². The SMILES string of the molecule is O=C(c1cnc2ccccc2c1)N1CCCC2(CC(CN3CCOCC3)CO2)C1. The second kappa shape index (κ2) is 8.01. The molecule has 3 aliphatic heterocycles. The molecule has 0 saturated carbocycles. The van der Waals surface area contributed by atoms with Crippen LogP contribution in [0.3, 0.4) is 0 Å². The molecule has 1 amide bonds. The monoisotopic (exact) mass is 395 g/mol. The number of pyridine rings is 1. The van der Waals surface area contributed by atoms with Crippen LogP contribution in [0, 0.1) is 5.92 Å². The number of nitrogens with zero attached hydrogens (tertiary/aromatic N) is 3. The maximum atomic E-state index is 13.2. The molecule has 0 aliphatic carbocycles. The summed E-state index contributed by atoms with van der Waals surface area (Å²) < 4.78 is 11.8. The van der Waals surface area contributed by atoms with Crippen molar-refractivity contribution in [1.82, 2.24) is 14.8 Å². The Labute approximate surface area is 171 Å². The largest absolute Gasteiger partial charge is 0.379 e. The van der Waals surface area contributed by atoms with E-state index in [1.807, 2.05) is 35.2 Å². The van der Waals surface area contributed by atoms with E-state index in [4.69, 9.17) is 9.47 Å². The van der Waals surface area contributed by atoms with E-state index in [1.54, 1.807) is 6.20 Å². The van der Waals surface area contributed by atoms with Gasteiger partial charge in [0.05, 0.1) is 36.5 Å². The number of piperidine rings is 1. The predicted molar refractivity (Wildman–Crippen MR) is 111 cm³/mol. The van der Waals surface area contributed by atoms with Gasteiger partial charge < -0.3 is 14.4 Å². The van der Waals surface area contributed by atoms with Crippen LogP contribution in [0.2, 0.25) is 0 Å². The number of amides is 1. The molecule has 4 heterocycles. The smallest absolute Gasteiger partial charge is 0.255 e. The molecule has 0 bridgehead atoms. The van der Waals surface area contributed by atoms with Crippen LogP contribution in [-0.4, -0.2) is 78.8 Å². The van der Waals surface area contributed by atoms with Gasteiger partial charge in [0.25, 0.3) is 5.91 Å². The molecule has 3 aliphatic rings. The van der Waals surface area contributed by atoms with Crippen LogP contribution in [0.4, 0.5) is 0 Å².